The van der Waals surface area contributed by atoms with Crippen molar-refractivity contribution < 1.29 is 33.3 Å². The van der Waals surface area contributed by atoms with Gasteiger partial charge in [0, 0.05) is 38.3 Å². The Bertz CT molecular complexity index is 1060. The first kappa shape index (κ1) is 34.4. The molecule has 37 heavy (non-hydrogen) atoms. The molecule has 1 radical (unpaired) electrons. The van der Waals surface area contributed by atoms with E-state index < -0.39 is 0 Å². The fourth-order valence-electron chi connectivity index (χ4n) is 4.93. The van der Waals surface area contributed by atoms with Crippen LogP contribution in [0.15, 0.2) is 54.1 Å². The smallest absolute Gasteiger partial charge is 1.00 e. The van der Waals surface area contributed by atoms with E-state index in [0.29, 0.717) is 5.57 Å². The van der Waals surface area contributed by atoms with Crippen LogP contribution in [0.4, 0.5) is 11.4 Å². The molecule has 1 saturated heterocycles. The molecule has 0 N–H and O–H groups in total. The second-order valence-corrected chi connectivity index (χ2v) is 9.70. The van der Waals surface area contributed by atoms with E-state index in [1.807, 2.05) is 38.2 Å². The number of aryl methyl sites for hydroxylation is 6. The van der Waals surface area contributed by atoms with Crippen LogP contribution in [0.25, 0.3) is 0 Å². The van der Waals surface area contributed by atoms with E-state index in [2.05, 4.69) is 82.3 Å². The Kier molecular flexibility index (Phi) is 13.9. The molecule has 201 valence electrons. The first-order valence-corrected chi connectivity index (χ1v) is 12.1. The molecule has 0 saturated carbocycles. The van der Waals surface area contributed by atoms with Gasteiger partial charge in [0.25, 0.3) is 6.10 Å². The molecular weight excluding hydrogens is 555 g/mol. The quantitative estimate of drug-likeness (QED) is 0.228. The predicted molar refractivity (Wildman–Crippen MR) is 147 cm³/mol. The Morgan fingerprint density at radius 3 is 1.43 bits per heavy atom. The van der Waals surface area contributed by atoms with Crippen LogP contribution in [0.1, 0.15) is 47.2 Å². The molecule has 2 aromatic carbocycles. The maximum atomic E-state index is 5.64. The minimum Gasteiger partial charge on any atom is -1.00 e. The number of hydrogen-bond donors (Lipinski definition) is 0. The summed E-state index contributed by atoms with van der Waals surface area (Å²) in [6, 6.07) is 9.12. The third-order valence-corrected chi connectivity index (χ3v) is 5.99. The van der Waals surface area contributed by atoms with Crippen LogP contribution in [0, 0.1) is 54.8 Å². The largest absolute Gasteiger partial charge is 2.00 e. The van der Waals surface area contributed by atoms with Gasteiger partial charge < -0.3 is 23.6 Å². The van der Waals surface area contributed by atoms with E-state index in [-0.39, 0.29) is 35.0 Å². The first-order valence-electron chi connectivity index (χ1n) is 12.1. The summed E-state index contributed by atoms with van der Waals surface area (Å²) in [5, 5.41) is 0. The summed E-state index contributed by atoms with van der Waals surface area (Å²) in [5.41, 5.74) is 11.5. The zero-order valence-corrected chi connectivity index (χ0v) is 24.9. The molecule has 1 fully saturated rings. The second kappa shape index (κ2) is 15.0. The fraction of sp³-hybridized carbons (Fsp3) is 0.355. The Morgan fingerprint density at radius 2 is 1.08 bits per heavy atom. The number of rotatable bonds is 3. The van der Waals surface area contributed by atoms with Gasteiger partial charge in [0.2, 0.25) is 5.78 Å². The molecule has 0 unspecified atom stereocenters. The standard InChI is InChI=1S/C21H27N2.C10H12O.2FH.Ru/c1-14-9-16(3)20(17(4)10-14)22-7-8-23(13-22)21-18(5)11-15(2)12-19(21)6;1-8(2)11-10-7-5-4-6-9(10)3;;;/h9-13H,7-8H2,1-6H3;3-8H,1-2H3;2*1H;/q;;;;+2/p-2. The number of halogens is 2. The van der Waals surface area contributed by atoms with Crippen molar-refractivity contribution in [1.82, 2.24) is 0 Å². The van der Waals surface area contributed by atoms with Crippen molar-refractivity contribution in [3.05, 3.63) is 101 Å². The molecular formula is C31H39F2N2ORu. The van der Waals surface area contributed by atoms with Gasteiger partial charge in [-0.15, -0.1) is 6.08 Å². The van der Waals surface area contributed by atoms with Crippen LogP contribution >= 0.6 is 0 Å². The van der Waals surface area contributed by atoms with Crippen LogP contribution in [0.2, 0.25) is 0 Å². The number of nitrogens with zero attached hydrogens (tertiary/aromatic N) is 2. The van der Waals surface area contributed by atoms with Gasteiger partial charge in [-0.25, -0.2) is 6.58 Å². The van der Waals surface area contributed by atoms with Crippen molar-refractivity contribution in [2.75, 3.05) is 22.9 Å². The molecule has 2 aliphatic rings. The minimum atomic E-state index is 0. The predicted octanol–water partition coefficient (Wildman–Crippen LogP) is 0.974. The third-order valence-electron chi connectivity index (χ3n) is 5.99. The van der Waals surface area contributed by atoms with Crippen molar-refractivity contribution >= 4 is 17.2 Å². The van der Waals surface area contributed by atoms with E-state index in [1.54, 1.807) is 0 Å². The summed E-state index contributed by atoms with van der Waals surface area (Å²) >= 11 is 0. The van der Waals surface area contributed by atoms with Gasteiger partial charge in [0.05, 0.1) is 0 Å². The minimum absolute atomic E-state index is 0. The van der Waals surface area contributed by atoms with Gasteiger partial charge in [0.1, 0.15) is 6.67 Å². The van der Waals surface area contributed by atoms with E-state index in [4.69, 9.17) is 11.0 Å². The molecule has 0 spiro atoms. The summed E-state index contributed by atoms with van der Waals surface area (Å²) in [6.45, 7) is 27.2. The number of anilines is 2. The summed E-state index contributed by atoms with van der Waals surface area (Å²) in [7, 11) is 0. The number of carbonyl (C=O) groups excluding carboxylic acids is 1. The van der Waals surface area contributed by atoms with Crippen LogP contribution in [0.3, 0.4) is 0 Å². The third kappa shape index (κ3) is 8.74. The number of benzene rings is 2. The zero-order chi connectivity index (χ0) is 25.0. The molecule has 1 aliphatic carbocycles. The topological polar surface area (TPSA) is 17.8 Å². The molecule has 0 bridgehead atoms. The molecule has 6 heteroatoms. The van der Waals surface area contributed by atoms with E-state index >= 15 is 0 Å². The van der Waals surface area contributed by atoms with Gasteiger partial charge in [-0.2, -0.15) is 6.08 Å². The van der Waals surface area contributed by atoms with Gasteiger partial charge >= 0.3 is 19.5 Å². The van der Waals surface area contributed by atoms with Crippen molar-refractivity contribution in [3.8, 4) is 0 Å². The average Bonchev–Trinajstić information content (AvgIpc) is 3.17. The monoisotopic (exact) mass is 595 g/mol. The van der Waals surface area contributed by atoms with Crippen LogP contribution < -0.4 is 19.2 Å². The second-order valence-electron chi connectivity index (χ2n) is 9.70. The van der Waals surface area contributed by atoms with Gasteiger partial charge in [-0.05, 0) is 69.9 Å². The maximum absolute atomic E-state index is 5.64. The molecule has 0 amide bonds. The normalized spacial score (nSPS) is 15.2. The average molecular weight is 595 g/mol. The SMILES string of the molecule is Cc1cc(C)c(N2[CH]N(c3c(C)cc(C)cc3C)CC2)c(C)c1.[CH-]=C1C=CC=CC1=[O+]C(C)C.[F-].[F-].[Ru+2]. The van der Waals surface area contributed by atoms with E-state index in [1.165, 1.54) is 44.8 Å². The van der Waals surface area contributed by atoms with E-state index in [9.17, 15) is 0 Å². The van der Waals surface area contributed by atoms with Crippen molar-refractivity contribution in [3.63, 3.8) is 0 Å². The summed E-state index contributed by atoms with van der Waals surface area (Å²) < 4.78 is 5.42. The van der Waals surface area contributed by atoms with Crippen LogP contribution in [0.5, 0.6) is 0 Å². The van der Waals surface area contributed by atoms with Gasteiger partial charge in [-0.3, -0.25) is 0 Å². The van der Waals surface area contributed by atoms with Gasteiger partial charge in [0.15, 0.2) is 0 Å². The van der Waals surface area contributed by atoms with Crippen molar-refractivity contribution in [2.45, 2.75) is 61.5 Å². The van der Waals surface area contributed by atoms with Crippen molar-refractivity contribution in [1.29, 1.82) is 0 Å². The van der Waals surface area contributed by atoms with Gasteiger partial charge in [-0.1, -0.05) is 47.0 Å². The zero-order valence-electron chi connectivity index (χ0n) is 23.2. The Morgan fingerprint density at radius 1 is 0.703 bits per heavy atom. The summed E-state index contributed by atoms with van der Waals surface area (Å²) in [5.74, 6) is 0.766. The molecule has 2 aromatic rings. The first-order chi connectivity index (χ1) is 16.1. The van der Waals surface area contributed by atoms with E-state index in [0.717, 1.165) is 18.9 Å². The van der Waals surface area contributed by atoms with Crippen LogP contribution in [-0.2, 0) is 23.9 Å². The molecule has 4 rings (SSSR count). The Balaban J connectivity index is 0.000000795. The fourth-order valence-corrected chi connectivity index (χ4v) is 4.93. The number of allylic oxidation sites excluding steroid dienone is 5. The molecule has 1 heterocycles. The molecule has 0 aromatic heterocycles. The molecule has 1 aliphatic heterocycles. The summed E-state index contributed by atoms with van der Waals surface area (Å²) in [6.07, 6.45) is 7.68. The Labute approximate surface area is 235 Å². The Hall–Kier alpha value is -2.59. The molecule has 3 nitrogen and oxygen atoms in total. The molecule has 0 atom stereocenters. The summed E-state index contributed by atoms with van der Waals surface area (Å²) in [4.78, 5) is 4.81. The van der Waals surface area contributed by atoms with Crippen molar-refractivity contribution in [2.24, 2.45) is 0 Å². The number of hydrogen-bond acceptors (Lipinski definition) is 2. The number of ketones is 1. The maximum Gasteiger partial charge on any atom is 2.00 e. The van der Waals surface area contributed by atoms with Crippen LogP contribution in [-0.4, -0.2) is 25.0 Å².